The zero-order chi connectivity index (χ0) is 50.0. The molecule has 0 amide bonds. The summed E-state index contributed by atoms with van der Waals surface area (Å²) in [6.07, 6.45) is 0. The highest BCUT2D eigenvalue weighted by Gasteiger charge is 2.60. The highest BCUT2D eigenvalue weighted by atomic mass is 28.5. The quantitative estimate of drug-likeness (QED) is 0.0533. The molecule has 0 aromatic rings. The lowest BCUT2D eigenvalue weighted by Gasteiger charge is -2.47. The molecule has 0 rings (SSSR count). The lowest BCUT2D eigenvalue weighted by atomic mass is 10.9. The minimum Gasteiger partial charge on any atom is -0.396 e. The second kappa shape index (κ2) is 32.4. The molecule has 0 aromatic carbocycles. The molecule has 25 heteroatoms. The monoisotopic (exact) mass is 1090 g/mol. The molecule has 0 aromatic heterocycles. The van der Waals surface area contributed by atoms with E-state index in [1.165, 1.54) is 0 Å². The summed E-state index contributed by atoms with van der Waals surface area (Å²) in [5.74, 6) is 0. The normalized spacial score (nSPS) is 14.2. The molecule has 16 nitrogen and oxygen atoms in total. The van der Waals surface area contributed by atoms with Crippen molar-refractivity contribution in [2.75, 3.05) is 79.3 Å². The molecule has 392 valence electrons. The van der Waals surface area contributed by atoms with Gasteiger partial charge in [-0.15, -0.1) is 0 Å². The predicted molar refractivity (Wildman–Crippen MR) is 281 cm³/mol. The molecule has 0 aliphatic rings. The van der Waals surface area contributed by atoms with Crippen molar-refractivity contribution in [3.63, 3.8) is 0 Å². The Morgan fingerprint density at radius 2 is 0.323 bits per heavy atom. The van der Waals surface area contributed by atoms with E-state index in [0.717, 1.165) is 0 Å². The summed E-state index contributed by atoms with van der Waals surface area (Å²) in [6, 6.07) is 5.08. The maximum absolute atomic E-state index is 7.71. The molecule has 0 heterocycles. The molecule has 0 aliphatic heterocycles. The second-order valence-corrected chi connectivity index (χ2v) is 49.1. The van der Waals surface area contributed by atoms with Crippen molar-refractivity contribution in [1.82, 2.24) is 0 Å². The van der Waals surface area contributed by atoms with Crippen molar-refractivity contribution in [3.05, 3.63) is 0 Å². The molecular weight excluding hydrogens is 989 g/mol. The third kappa shape index (κ3) is 25.5. The van der Waals surface area contributed by atoms with Crippen LogP contribution < -0.4 is 0 Å². The Hall–Kier alpha value is 1.31. The maximum Gasteiger partial charge on any atom is 0.636 e. The Kier molecular flexibility index (Phi) is 33.1. The molecule has 0 aliphatic carbocycles. The minimum atomic E-state index is -4.13. The SMILES string of the molecule is CCO[Si](CC[Si](C)(C)O[Si](O[Si](C)(C)CC[Si](OCC)(OCC)OCC)(O[Si](C)(C)CC[Si](OCC)(OCC)OCC)O[Si](C)(C)CC[Si](OCC)(OCC)OCC)(OCC)OCC. The Morgan fingerprint density at radius 1 is 0.200 bits per heavy atom. The van der Waals surface area contributed by atoms with Crippen molar-refractivity contribution in [2.24, 2.45) is 0 Å². The van der Waals surface area contributed by atoms with Gasteiger partial charge in [0.2, 0.25) is 0 Å². The van der Waals surface area contributed by atoms with Gasteiger partial charge in [0.25, 0.3) is 0 Å². The molecule has 0 N–H and O–H groups in total. The van der Waals surface area contributed by atoms with Crippen LogP contribution in [0.1, 0.15) is 83.1 Å². The van der Waals surface area contributed by atoms with Crippen LogP contribution >= 0.6 is 0 Å². The van der Waals surface area contributed by atoms with Gasteiger partial charge in [0.1, 0.15) is 0 Å². The number of hydrogen-bond donors (Lipinski definition) is 0. The predicted octanol–water partition coefficient (Wildman–Crippen LogP) is 10.5. The molecule has 0 unspecified atom stereocenters. The Morgan fingerprint density at radius 3 is 0.431 bits per heavy atom. The molecule has 0 spiro atoms. The van der Waals surface area contributed by atoms with Crippen molar-refractivity contribution in [2.45, 2.75) is 184 Å². The first-order chi connectivity index (χ1) is 30.4. The molecule has 0 atom stereocenters. The van der Waals surface area contributed by atoms with Gasteiger partial charge in [-0.05, 0) is 160 Å². The molecule has 0 saturated heterocycles. The average Bonchev–Trinajstić information content (AvgIpc) is 3.18. The lowest BCUT2D eigenvalue weighted by molar-refractivity contribution is 0.0716. The van der Waals surface area contributed by atoms with Crippen molar-refractivity contribution < 1.29 is 69.6 Å². The maximum atomic E-state index is 7.71. The summed E-state index contributed by atoms with van der Waals surface area (Å²) in [5, 5.41) is 0. The van der Waals surface area contributed by atoms with Gasteiger partial charge in [-0.25, -0.2) is 0 Å². The lowest BCUT2D eigenvalue weighted by Crippen LogP contribution is -2.67. The summed E-state index contributed by atoms with van der Waals surface area (Å²) in [5.41, 5.74) is 0. The van der Waals surface area contributed by atoms with Crippen LogP contribution in [0.5, 0.6) is 0 Å². The van der Waals surface area contributed by atoms with E-state index < -0.39 is 77.5 Å². The first-order valence-corrected chi connectivity index (χ1v) is 46.7. The van der Waals surface area contributed by atoms with Gasteiger partial charge in [-0.3, -0.25) is 0 Å². The van der Waals surface area contributed by atoms with Gasteiger partial charge in [0.05, 0.1) is 0 Å². The molecule has 0 fully saturated rings. The van der Waals surface area contributed by atoms with Crippen molar-refractivity contribution in [3.8, 4) is 0 Å². The smallest absolute Gasteiger partial charge is 0.396 e. The van der Waals surface area contributed by atoms with Crippen LogP contribution in [-0.4, -0.2) is 157 Å². The van der Waals surface area contributed by atoms with Gasteiger partial charge in [0.15, 0.2) is 33.3 Å². The van der Waals surface area contributed by atoms with Gasteiger partial charge in [-0.2, -0.15) is 0 Å². The molecule has 65 heavy (non-hydrogen) atoms. The van der Waals surface area contributed by atoms with Crippen LogP contribution in [0.4, 0.5) is 0 Å². The fourth-order valence-corrected chi connectivity index (χ4v) is 45.8. The van der Waals surface area contributed by atoms with Crippen LogP contribution in [0.2, 0.25) is 101 Å². The van der Waals surface area contributed by atoms with E-state index in [-0.39, 0.29) is 0 Å². The van der Waals surface area contributed by atoms with Crippen LogP contribution in [-0.2, 0) is 69.6 Å². The number of hydrogen-bond acceptors (Lipinski definition) is 16. The van der Waals surface area contributed by atoms with E-state index in [0.29, 0.717) is 128 Å². The third-order valence-corrected chi connectivity index (χ3v) is 43.0. The molecule has 0 radical (unpaired) electrons. The summed E-state index contributed by atoms with van der Waals surface area (Å²) in [7, 11) is -27.4. The highest BCUT2D eigenvalue weighted by Crippen LogP contribution is 2.38. The summed E-state index contributed by atoms with van der Waals surface area (Å²) in [4.78, 5) is 0. The molecule has 0 bridgehead atoms. The van der Waals surface area contributed by atoms with E-state index in [4.69, 9.17) is 69.6 Å². The Bertz CT molecular complexity index is 979. The Balaban J connectivity index is 7.95. The van der Waals surface area contributed by atoms with Gasteiger partial charge in [0, 0.05) is 103 Å². The van der Waals surface area contributed by atoms with Gasteiger partial charge >= 0.3 is 44.3 Å². The van der Waals surface area contributed by atoms with E-state index >= 15 is 0 Å². The standard InChI is InChI=1S/C40H100O16Si9/c1-21-41-61(42-22-2,43-23-3)37-33-57(13,14)53-65(54-58(15,16)34-38-62(44-24-4,45-25-5)46-26-6,55-59(17,18)35-39-63(47-27-7,48-28-8)49-29-9)56-60(19,20)36-40-64(50-30-10,51-31-11)52-32-12/h21-40H2,1-20H3. The van der Waals surface area contributed by atoms with E-state index in [1.807, 2.05) is 83.1 Å². The Labute approximate surface area is 408 Å². The van der Waals surface area contributed by atoms with Crippen molar-refractivity contribution in [1.29, 1.82) is 0 Å². The summed E-state index contributed by atoms with van der Waals surface area (Å²) >= 11 is 0. The first-order valence-electron chi connectivity index (χ1n) is 24.9. The second-order valence-electron chi connectivity index (χ2n) is 17.9. The van der Waals surface area contributed by atoms with Crippen LogP contribution in [0.3, 0.4) is 0 Å². The number of rotatable bonds is 44. The van der Waals surface area contributed by atoms with E-state index in [2.05, 4.69) is 52.4 Å². The van der Waals surface area contributed by atoms with Gasteiger partial charge in [-0.1, -0.05) is 0 Å². The zero-order valence-electron chi connectivity index (χ0n) is 45.2. The zero-order valence-corrected chi connectivity index (χ0v) is 54.2. The fourth-order valence-electron chi connectivity index (χ4n) is 7.50. The fraction of sp³-hybridized carbons (Fsp3) is 1.00. The van der Waals surface area contributed by atoms with E-state index in [1.54, 1.807) is 0 Å². The van der Waals surface area contributed by atoms with Crippen LogP contribution in [0, 0.1) is 0 Å². The highest BCUT2D eigenvalue weighted by molar-refractivity contribution is 6.93. The van der Waals surface area contributed by atoms with Crippen LogP contribution in [0.25, 0.3) is 0 Å². The third-order valence-electron chi connectivity index (χ3n) is 10.1. The first kappa shape index (κ1) is 66.3. The summed E-state index contributed by atoms with van der Waals surface area (Å²) < 4.78 is 107. The molecule has 0 saturated carbocycles. The largest absolute Gasteiger partial charge is 0.636 e. The van der Waals surface area contributed by atoms with Crippen LogP contribution in [0.15, 0.2) is 0 Å². The topological polar surface area (TPSA) is 148 Å². The van der Waals surface area contributed by atoms with Crippen molar-refractivity contribution >= 4 is 77.5 Å². The van der Waals surface area contributed by atoms with E-state index in [9.17, 15) is 0 Å². The molecular formula is C40H100O16Si9. The van der Waals surface area contributed by atoms with Gasteiger partial charge < -0.3 is 69.6 Å². The summed E-state index contributed by atoms with van der Waals surface area (Å²) in [6.45, 7) is 47.5. The average molecular weight is 1090 g/mol. The minimum absolute atomic E-state index is 0.491.